The first kappa shape index (κ1) is 18.4. The SMILES string of the molecule is N#CC[C@]1(n2cc(-c3ncnc4[nH]ccc34)cn2)C[C@H]2CN(C(=O)NC3CC3)C[C@H]2C1. The predicted octanol–water partition coefficient (Wildman–Crippen LogP) is 2.64. The highest BCUT2D eigenvalue weighted by molar-refractivity contribution is 5.90. The molecule has 2 aliphatic carbocycles. The normalized spacial score (nSPS) is 27.4. The van der Waals surface area contributed by atoms with Gasteiger partial charge in [0.1, 0.15) is 12.0 Å². The van der Waals surface area contributed by atoms with Crippen LogP contribution in [0.15, 0.2) is 31.0 Å². The van der Waals surface area contributed by atoms with Crippen molar-refractivity contribution < 1.29 is 4.79 Å². The molecular formula is C22H24N8O. The number of amides is 2. The smallest absolute Gasteiger partial charge is 0.317 e. The summed E-state index contributed by atoms with van der Waals surface area (Å²) in [6, 6.07) is 4.81. The van der Waals surface area contributed by atoms with Crippen molar-refractivity contribution in [3.63, 3.8) is 0 Å². The van der Waals surface area contributed by atoms with Crippen LogP contribution in [0.4, 0.5) is 4.79 Å². The number of nitriles is 1. The zero-order valence-corrected chi connectivity index (χ0v) is 17.2. The van der Waals surface area contributed by atoms with Crippen molar-refractivity contribution in [3.8, 4) is 17.3 Å². The van der Waals surface area contributed by atoms with Crippen LogP contribution < -0.4 is 5.32 Å². The van der Waals surface area contributed by atoms with Gasteiger partial charge in [0.15, 0.2) is 0 Å². The lowest BCUT2D eigenvalue weighted by Gasteiger charge is -2.29. The summed E-state index contributed by atoms with van der Waals surface area (Å²) in [6.07, 6.45) is 11.6. The van der Waals surface area contributed by atoms with Gasteiger partial charge < -0.3 is 15.2 Å². The lowest BCUT2D eigenvalue weighted by molar-refractivity contribution is 0.192. The summed E-state index contributed by atoms with van der Waals surface area (Å²) in [5, 5.41) is 18.4. The number of urea groups is 1. The minimum absolute atomic E-state index is 0.0726. The summed E-state index contributed by atoms with van der Waals surface area (Å²) in [5.74, 6) is 0.808. The van der Waals surface area contributed by atoms with Crippen molar-refractivity contribution in [2.75, 3.05) is 13.1 Å². The van der Waals surface area contributed by atoms with Gasteiger partial charge in [0.2, 0.25) is 0 Å². The fourth-order valence-electron chi connectivity index (χ4n) is 5.49. The molecule has 3 atom stereocenters. The highest BCUT2D eigenvalue weighted by Gasteiger charge is 2.51. The molecular weight excluding hydrogens is 392 g/mol. The summed E-state index contributed by atoms with van der Waals surface area (Å²) >= 11 is 0. The van der Waals surface area contributed by atoms with Crippen molar-refractivity contribution in [2.24, 2.45) is 11.8 Å². The molecule has 1 saturated heterocycles. The van der Waals surface area contributed by atoms with Crippen LogP contribution >= 0.6 is 0 Å². The van der Waals surface area contributed by atoms with E-state index in [9.17, 15) is 10.1 Å². The first-order valence-corrected chi connectivity index (χ1v) is 10.9. The molecule has 6 rings (SSSR count). The molecule has 4 heterocycles. The minimum Gasteiger partial charge on any atom is -0.346 e. The average molecular weight is 416 g/mol. The lowest BCUT2D eigenvalue weighted by Crippen LogP contribution is -2.41. The van der Waals surface area contributed by atoms with Gasteiger partial charge >= 0.3 is 6.03 Å². The number of likely N-dealkylation sites (tertiary alicyclic amines) is 1. The van der Waals surface area contributed by atoms with Gasteiger partial charge in [-0.1, -0.05) is 0 Å². The highest BCUT2D eigenvalue weighted by atomic mass is 16.2. The van der Waals surface area contributed by atoms with Gasteiger partial charge in [0.05, 0.1) is 29.9 Å². The molecule has 0 aromatic carbocycles. The van der Waals surface area contributed by atoms with E-state index in [2.05, 4.69) is 31.4 Å². The Morgan fingerprint density at radius 3 is 2.84 bits per heavy atom. The van der Waals surface area contributed by atoms with Gasteiger partial charge in [-0.05, 0) is 43.6 Å². The van der Waals surface area contributed by atoms with Crippen LogP contribution in [-0.4, -0.2) is 54.8 Å². The highest BCUT2D eigenvalue weighted by Crippen LogP contribution is 2.49. The number of rotatable bonds is 4. The van der Waals surface area contributed by atoms with E-state index in [1.54, 1.807) is 6.33 Å². The first-order chi connectivity index (χ1) is 15.1. The first-order valence-electron chi connectivity index (χ1n) is 10.9. The number of nitrogens with zero attached hydrogens (tertiary/aromatic N) is 6. The Hall–Kier alpha value is -3.41. The van der Waals surface area contributed by atoms with Crippen LogP contribution in [0.25, 0.3) is 22.3 Å². The summed E-state index contributed by atoms with van der Waals surface area (Å²) in [4.78, 5) is 26.3. The molecule has 2 N–H and O–H groups in total. The summed E-state index contributed by atoms with van der Waals surface area (Å²) in [6.45, 7) is 1.53. The second-order valence-corrected chi connectivity index (χ2v) is 9.25. The Kier molecular flexibility index (Phi) is 4.03. The number of aromatic nitrogens is 5. The zero-order valence-electron chi connectivity index (χ0n) is 17.2. The van der Waals surface area contributed by atoms with Gasteiger partial charge in [-0.3, -0.25) is 4.68 Å². The molecule has 0 radical (unpaired) electrons. The lowest BCUT2D eigenvalue weighted by atomic mass is 9.92. The molecule has 31 heavy (non-hydrogen) atoms. The maximum absolute atomic E-state index is 12.5. The molecule has 9 heteroatoms. The van der Waals surface area contributed by atoms with Crippen molar-refractivity contribution >= 4 is 17.1 Å². The predicted molar refractivity (Wildman–Crippen MR) is 113 cm³/mol. The zero-order chi connectivity index (χ0) is 21.0. The van der Waals surface area contributed by atoms with Crippen molar-refractivity contribution in [1.82, 2.24) is 34.9 Å². The summed E-state index contributed by atoms with van der Waals surface area (Å²) in [5.41, 5.74) is 2.23. The van der Waals surface area contributed by atoms with Gasteiger partial charge in [0, 0.05) is 42.5 Å². The summed E-state index contributed by atoms with van der Waals surface area (Å²) in [7, 11) is 0. The number of carbonyl (C=O) groups excluding carboxylic acids is 1. The van der Waals surface area contributed by atoms with E-state index >= 15 is 0 Å². The van der Waals surface area contributed by atoms with E-state index in [1.165, 1.54) is 0 Å². The molecule has 3 aromatic heterocycles. The van der Waals surface area contributed by atoms with Crippen LogP contribution in [0.5, 0.6) is 0 Å². The number of aromatic amines is 1. The number of nitrogens with one attached hydrogen (secondary N) is 2. The Balaban J connectivity index is 1.25. The minimum atomic E-state index is -0.328. The molecule has 0 unspecified atom stereocenters. The van der Waals surface area contributed by atoms with Gasteiger partial charge in [-0.15, -0.1) is 0 Å². The van der Waals surface area contributed by atoms with Gasteiger partial charge in [-0.2, -0.15) is 10.4 Å². The fourth-order valence-corrected chi connectivity index (χ4v) is 5.49. The van der Waals surface area contributed by atoms with Crippen molar-refractivity contribution in [1.29, 1.82) is 5.26 Å². The third-order valence-corrected chi connectivity index (χ3v) is 7.16. The van der Waals surface area contributed by atoms with Crippen molar-refractivity contribution in [3.05, 3.63) is 31.0 Å². The van der Waals surface area contributed by atoms with Crippen LogP contribution in [0.1, 0.15) is 32.1 Å². The van der Waals surface area contributed by atoms with E-state index in [-0.39, 0.29) is 11.6 Å². The third-order valence-electron chi connectivity index (χ3n) is 7.16. The Morgan fingerprint density at radius 2 is 2.10 bits per heavy atom. The van der Waals surface area contributed by atoms with Crippen molar-refractivity contribution in [2.45, 2.75) is 43.7 Å². The van der Waals surface area contributed by atoms with Crippen LogP contribution in [0, 0.1) is 23.2 Å². The van der Waals surface area contributed by atoms with E-state index in [0.717, 1.165) is 61.1 Å². The van der Waals surface area contributed by atoms with E-state index in [4.69, 9.17) is 0 Å². The molecule has 3 aromatic rings. The average Bonchev–Trinajstić information content (AvgIpc) is 3.17. The number of fused-ring (bicyclic) bond motifs is 2. The molecule has 3 aliphatic rings. The maximum Gasteiger partial charge on any atom is 0.317 e. The standard InChI is InChI=1S/C22H24N8O/c23-5-4-22(7-14-10-29(11-15(14)8-22)21(31)28-17-1-2-17)30-12-16(9-27-30)19-18-3-6-24-20(18)26-13-25-19/h3,6,9,12-15,17H,1-2,4,7-8,10-11H2,(H,28,31)(H,24,25,26)/t14-,15+,22-. The Labute approximate surface area is 179 Å². The largest absolute Gasteiger partial charge is 0.346 e. The number of H-pyrrole nitrogens is 1. The number of carbonyl (C=O) groups is 1. The molecule has 1 aliphatic heterocycles. The molecule has 2 saturated carbocycles. The van der Waals surface area contributed by atoms with Crippen LogP contribution in [-0.2, 0) is 5.54 Å². The van der Waals surface area contributed by atoms with Crippen LogP contribution in [0.2, 0.25) is 0 Å². The molecule has 9 nitrogen and oxygen atoms in total. The van der Waals surface area contributed by atoms with Gasteiger partial charge in [0.25, 0.3) is 0 Å². The number of hydrogen-bond donors (Lipinski definition) is 2. The second-order valence-electron chi connectivity index (χ2n) is 9.25. The van der Waals surface area contributed by atoms with E-state index in [1.807, 2.05) is 34.2 Å². The third kappa shape index (κ3) is 3.05. The topological polar surface area (TPSA) is 116 Å². The fraction of sp³-hybridized carbons (Fsp3) is 0.500. The number of hydrogen-bond acceptors (Lipinski definition) is 5. The van der Waals surface area contributed by atoms with Gasteiger partial charge in [-0.25, -0.2) is 14.8 Å². The molecule has 0 bridgehead atoms. The molecule has 158 valence electrons. The Bertz CT molecular complexity index is 1170. The van der Waals surface area contributed by atoms with E-state index in [0.29, 0.717) is 24.3 Å². The molecule has 0 spiro atoms. The van der Waals surface area contributed by atoms with E-state index < -0.39 is 0 Å². The summed E-state index contributed by atoms with van der Waals surface area (Å²) < 4.78 is 1.99. The van der Waals surface area contributed by atoms with Crippen LogP contribution in [0.3, 0.4) is 0 Å². The quantitative estimate of drug-likeness (QED) is 0.678. The molecule has 2 amide bonds. The monoisotopic (exact) mass is 416 g/mol. The maximum atomic E-state index is 12.5. The molecule has 3 fully saturated rings. The Morgan fingerprint density at radius 1 is 1.29 bits per heavy atom. The second kappa shape index (κ2) is 6.80.